The predicted octanol–water partition coefficient (Wildman–Crippen LogP) is 4.14. The first-order valence-electron chi connectivity index (χ1n) is 7.49. The second-order valence-corrected chi connectivity index (χ2v) is 5.56. The summed E-state index contributed by atoms with van der Waals surface area (Å²) in [6.07, 6.45) is 0. The van der Waals surface area contributed by atoms with Gasteiger partial charge in [0.25, 0.3) is 0 Å². The van der Waals surface area contributed by atoms with Gasteiger partial charge >= 0.3 is 5.63 Å². The van der Waals surface area contributed by atoms with Crippen molar-refractivity contribution in [2.45, 2.75) is 20.5 Å². The van der Waals surface area contributed by atoms with E-state index in [2.05, 4.69) is 0 Å². The molecule has 0 amide bonds. The zero-order chi connectivity index (χ0) is 17.3. The van der Waals surface area contributed by atoms with Gasteiger partial charge < -0.3 is 13.9 Å². The molecule has 0 aliphatic heterocycles. The standard InChI is InChI=1S/C19H17FO4/c1-11-8-18(21)24-19-12(2)16(7-5-15(11)19)23-10-13-9-14(20)4-6-17(13)22-3/h4-9H,10H2,1-3H3. The Kier molecular flexibility index (Phi) is 4.25. The van der Waals surface area contributed by atoms with Crippen LogP contribution in [0.3, 0.4) is 0 Å². The van der Waals surface area contributed by atoms with Crippen LogP contribution < -0.4 is 15.1 Å². The Bertz CT molecular complexity index is 959. The van der Waals surface area contributed by atoms with Crippen LogP contribution in [0.4, 0.5) is 4.39 Å². The first-order chi connectivity index (χ1) is 11.5. The first-order valence-corrected chi connectivity index (χ1v) is 7.49. The molecular formula is C19H17FO4. The number of halogens is 1. The molecule has 0 aliphatic rings. The summed E-state index contributed by atoms with van der Waals surface area (Å²) >= 11 is 0. The normalized spacial score (nSPS) is 10.8. The number of fused-ring (bicyclic) bond motifs is 1. The third kappa shape index (κ3) is 2.97. The molecule has 124 valence electrons. The fourth-order valence-corrected chi connectivity index (χ4v) is 2.67. The average molecular weight is 328 g/mol. The number of methoxy groups -OCH3 is 1. The van der Waals surface area contributed by atoms with Gasteiger partial charge in [-0.1, -0.05) is 0 Å². The van der Waals surface area contributed by atoms with E-state index < -0.39 is 5.63 Å². The zero-order valence-corrected chi connectivity index (χ0v) is 13.7. The SMILES string of the molecule is COc1ccc(F)cc1COc1ccc2c(C)cc(=O)oc2c1C. The summed E-state index contributed by atoms with van der Waals surface area (Å²) in [6.45, 7) is 3.82. The Balaban J connectivity index is 1.95. The number of aryl methyl sites for hydroxylation is 2. The smallest absolute Gasteiger partial charge is 0.336 e. The second-order valence-electron chi connectivity index (χ2n) is 5.56. The summed E-state index contributed by atoms with van der Waals surface area (Å²) in [5, 5.41) is 0.864. The van der Waals surface area contributed by atoms with E-state index in [0.29, 0.717) is 22.6 Å². The van der Waals surface area contributed by atoms with Crippen LogP contribution in [0.25, 0.3) is 11.0 Å². The number of hydrogen-bond acceptors (Lipinski definition) is 4. The summed E-state index contributed by atoms with van der Waals surface area (Å²) in [5.41, 5.74) is 2.28. The maximum atomic E-state index is 13.4. The Morgan fingerprint density at radius 2 is 1.83 bits per heavy atom. The summed E-state index contributed by atoms with van der Waals surface area (Å²) in [5.74, 6) is 0.769. The Labute approximate surface area is 138 Å². The number of rotatable bonds is 4. The first kappa shape index (κ1) is 16.1. The third-order valence-electron chi connectivity index (χ3n) is 3.94. The van der Waals surface area contributed by atoms with E-state index in [9.17, 15) is 9.18 Å². The van der Waals surface area contributed by atoms with Crippen molar-refractivity contribution in [3.8, 4) is 11.5 Å². The van der Waals surface area contributed by atoms with Gasteiger partial charge in [-0.25, -0.2) is 9.18 Å². The molecule has 0 fully saturated rings. The van der Waals surface area contributed by atoms with E-state index in [0.717, 1.165) is 16.5 Å². The molecule has 24 heavy (non-hydrogen) atoms. The van der Waals surface area contributed by atoms with Crippen LogP contribution in [0, 0.1) is 19.7 Å². The molecule has 1 aromatic heterocycles. The van der Waals surface area contributed by atoms with Crippen LogP contribution in [0.1, 0.15) is 16.7 Å². The van der Waals surface area contributed by atoms with Gasteiger partial charge in [0, 0.05) is 22.6 Å². The second kappa shape index (κ2) is 6.35. The molecule has 2 aromatic carbocycles. The minimum Gasteiger partial charge on any atom is -0.496 e. The molecule has 0 saturated heterocycles. The van der Waals surface area contributed by atoms with E-state index in [1.165, 1.54) is 25.3 Å². The lowest BCUT2D eigenvalue weighted by atomic mass is 10.1. The zero-order valence-electron chi connectivity index (χ0n) is 13.7. The van der Waals surface area contributed by atoms with E-state index in [-0.39, 0.29) is 12.4 Å². The summed E-state index contributed by atoms with van der Waals surface area (Å²) in [6, 6.07) is 9.39. The van der Waals surface area contributed by atoms with Crippen molar-refractivity contribution in [1.82, 2.24) is 0 Å². The van der Waals surface area contributed by atoms with Crippen LogP contribution in [0.2, 0.25) is 0 Å². The molecule has 0 unspecified atom stereocenters. The van der Waals surface area contributed by atoms with Crippen molar-refractivity contribution in [2.75, 3.05) is 7.11 Å². The van der Waals surface area contributed by atoms with Gasteiger partial charge in [0.2, 0.25) is 0 Å². The molecule has 5 heteroatoms. The van der Waals surface area contributed by atoms with Gasteiger partial charge in [0.15, 0.2) is 0 Å². The summed E-state index contributed by atoms with van der Waals surface area (Å²) < 4.78 is 29.7. The highest BCUT2D eigenvalue weighted by atomic mass is 19.1. The largest absolute Gasteiger partial charge is 0.496 e. The molecule has 3 rings (SSSR count). The van der Waals surface area contributed by atoms with Gasteiger partial charge in [-0.15, -0.1) is 0 Å². The highest BCUT2D eigenvalue weighted by Crippen LogP contribution is 2.29. The Hall–Kier alpha value is -2.82. The van der Waals surface area contributed by atoms with Crippen LogP contribution in [0.5, 0.6) is 11.5 Å². The van der Waals surface area contributed by atoms with E-state index in [1.807, 2.05) is 26.0 Å². The van der Waals surface area contributed by atoms with Crippen LogP contribution in [-0.4, -0.2) is 7.11 Å². The molecule has 0 atom stereocenters. The van der Waals surface area contributed by atoms with Gasteiger partial charge in [-0.2, -0.15) is 0 Å². The van der Waals surface area contributed by atoms with E-state index >= 15 is 0 Å². The summed E-state index contributed by atoms with van der Waals surface area (Å²) in [4.78, 5) is 11.6. The lowest BCUT2D eigenvalue weighted by molar-refractivity contribution is 0.294. The molecule has 0 radical (unpaired) electrons. The predicted molar refractivity (Wildman–Crippen MR) is 89.2 cm³/mol. The Morgan fingerprint density at radius 3 is 2.58 bits per heavy atom. The van der Waals surface area contributed by atoms with Crippen molar-refractivity contribution in [1.29, 1.82) is 0 Å². The molecule has 0 spiro atoms. The lowest BCUT2D eigenvalue weighted by Crippen LogP contribution is -2.03. The van der Waals surface area contributed by atoms with Gasteiger partial charge in [0.1, 0.15) is 29.5 Å². The van der Waals surface area contributed by atoms with Crippen molar-refractivity contribution in [2.24, 2.45) is 0 Å². The van der Waals surface area contributed by atoms with Gasteiger partial charge in [-0.3, -0.25) is 0 Å². The average Bonchev–Trinajstić information content (AvgIpc) is 2.55. The van der Waals surface area contributed by atoms with Gasteiger partial charge in [0.05, 0.1) is 7.11 Å². The van der Waals surface area contributed by atoms with Crippen molar-refractivity contribution in [3.05, 3.63) is 69.3 Å². The van der Waals surface area contributed by atoms with Crippen molar-refractivity contribution < 1.29 is 18.3 Å². The molecule has 0 N–H and O–H groups in total. The molecule has 1 heterocycles. The highest BCUT2D eigenvalue weighted by Gasteiger charge is 2.11. The molecule has 3 aromatic rings. The molecule has 0 aliphatic carbocycles. The number of benzene rings is 2. The van der Waals surface area contributed by atoms with E-state index in [1.54, 1.807) is 6.07 Å². The minimum absolute atomic E-state index is 0.142. The van der Waals surface area contributed by atoms with Crippen LogP contribution in [-0.2, 0) is 6.61 Å². The minimum atomic E-state index is -0.396. The van der Waals surface area contributed by atoms with Crippen LogP contribution in [0.15, 0.2) is 45.6 Å². The number of ether oxygens (including phenoxy) is 2. The van der Waals surface area contributed by atoms with Crippen molar-refractivity contribution in [3.63, 3.8) is 0 Å². The molecule has 0 saturated carbocycles. The van der Waals surface area contributed by atoms with E-state index in [4.69, 9.17) is 13.9 Å². The quantitative estimate of drug-likeness (QED) is 0.676. The molecular weight excluding hydrogens is 311 g/mol. The Morgan fingerprint density at radius 1 is 1.08 bits per heavy atom. The maximum Gasteiger partial charge on any atom is 0.336 e. The monoisotopic (exact) mass is 328 g/mol. The van der Waals surface area contributed by atoms with Gasteiger partial charge in [-0.05, 0) is 49.7 Å². The number of hydrogen-bond donors (Lipinski definition) is 0. The summed E-state index contributed by atoms with van der Waals surface area (Å²) in [7, 11) is 1.52. The maximum absolute atomic E-state index is 13.4. The highest BCUT2D eigenvalue weighted by molar-refractivity contribution is 5.84. The fourth-order valence-electron chi connectivity index (χ4n) is 2.67. The van der Waals surface area contributed by atoms with Crippen LogP contribution >= 0.6 is 0 Å². The van der Waals surface area contributed by atoms with Crippen molar-refractivity contribution >= 4 is 11.0 Å². The lowest BCUT2D eigenvalue weighted by Gasteiger charge is -2.13. The third-order valence-corrected chi connectivity index (χ3v) is 3.94. The fraction of sp³-hybridized carbons (Fsp3) is 0.211. The molecule has 4 nitrogen and oxygen atoms in total. The molecule has 0 bridgehead atoms. The topological polar surface area (TPSA) is 48.7 Å².